The number of furan rings is 1. The van der Waals surface area contributed by atoms with Crippen LogP contribution < -0.4 is 10.6 Å². The second kappa shape index (κ2) is 1.38. The minimum Gasteiger partial charge on any atom is -0.464 e. The maximum absolute atomic E-state index is 5.10. The predicted octanol–water partition coefficient (Wildman–Crippen LogP) is 0.410. The SMILES string of the molecule is C=C1C=c2ccoc2=C1. The number of rotatable bonds is 0. The van der Waals surface area contributed by atoms with Gasteiger partial charge in [0.25, 0.3) is 0 Å². The smallest absolute Gasteiger partial charge is 0.134 e. The van der Waals surface area contributed by atoms with Gasteiger partial charge in [-0.1, -0.05) is 6.58 Å². The average Bonchev–Trinajstić information content (AvgIpc) is 2.22. The summed E-state index contributed by atoms with van der Waals surface area (Å²) in [7, 11) is 0. The fraction of sp³-hybridized carbons (Fsp3) is 0. The van der Waals surface area contributed by atoms with E-state index in [0.29, 0.717) is 0 Å². The zero-order valence-corrected chi connectivity index (χ0v) is 4.92. The summed E-state index contributed by atoms with van der Waals surface area (Å²) in [5.41, 5.74) is 1.95. The van der Waals surface area contributed by atoms with E-state index in [0.717, 1.165) is 16.2 Å². The highest BCUT2D eigenvalue weighted by Crippen LogP contribution is 1.96. The highest BCUT2D eigenvalue weighted by molar-refractivity contribution is 5.68. The lowest BCUT2D eigenvalue weighted by atomic mass is 10.3. The molecule has 0 saturated heterocycles. The van der Waals surface area contributed by atoms with Crippen molar-refractivity contribution >= 4 is 12.2 Å². The molecule has 0 bridgehead atoms. The molecule has 1 aromatic heterocycles. The summed E-state index contributed by atoms with van der Waals surface area (Å²) in [5.74, 6) is 0. The molecule has 0 fully saturated rings. The molecule has 0 radical (unpaired) electrons. The maximum Gasteiger partial charge on any atom is 0.134 e. The van der Waals surface area contributed by atoms with Crippen molar-refractivity contribution in [3.05, 3.63) is 35.1 Å². The van der Waals surface area contributed by atoms with E-state index in [1.54, 1.807) is 6.26 Å². The predicted molar refractivity (Wildman–Crippen MR) is 36.0 cm³/mol. The van der Waals surface area contributed by atoms with E-state index in [9.17, 15) is 0 Å². The molecule has 1 heterocycles. The monoisotopic (exact) mass is 118 g/mol. The Kier molecular flexibility index (Phi) is 0.707. The van der Waals surface area contributed by atoms with Crippen LogP contribution in [-0.2, 0) is 0 Å². The second-order valence-electron chi connectivity index (χ2n) is 2.10. The van der Waals surface area contributed by atoms with Crippen molar-refractivity contribution in [2.75, 3.05) is 0 Å². The molecule has 9 heavy (non-hydrogen) atoms. The Morgan fingerprint density at radius 2 is 2.22 bits per heavy atom. The largest absolute Gasteiger partial charge is 0.464 e. The number of hydrogen-bond donors (Lipinski definition) is 0. The quantitative estimate of drug-likeness (QED) is 0.481. The number of fused-ring (bicyclic) bond motifs is 1. The molecular formula is C8H6O. The molecule has 0 aromatic carbocycles. The van der Waals surface area contributed by atoms with E-state index < -0.39 is 0 Å². The van der Waals surface area contributed by atoms with Gasteiger partial charge in [0, 0.05) is 5.22 Å². The van der Waals surface area contributed by atoms with Gasteiger partial charge in [0.1, 0.15) is 5.42 Å². The lowest BCUT2D eigenvalue weighted by Crippen LogP contribution is -2.13. The number of allylic oxidation sites excluding steroid dienone is 1. The summed E-state index contributed by atoms with van der Waals surface area (Å²) in [6, 6.07) is 1.93. The summed E-state index contributed by atoms with van der Waals surface area (Å²) in [5, 5.41) is 1.14. The van der Waals surface area contributed by atoms with Crippen LogP contribution in [-0.4, -0.2) is 0 Å². The first-order valence-corrected chi connectivity index (χ1v) is 2.82. The van der Waals surface area contributed by atoms with Crippen molar-refractivity contribution in [3.8, 4) is 0 Å². The maximum atomic E-state index is 5.10. The summed E-state index contributed by atoms with van der Waals surface area (Å²) < 4.78 is 5.10. The van der Waals surface area contributed by atoms with Gasteiger partial charge >= 0.3 is 0 Å². The van der Waals surface area contributed by atoms with Crippen LogP contribution in [0.1, 0.15) is 0 Å². The van der Waals surface area contributed by atoms with Gasteiger partial charge in [-0.25, -0.2) is 0 Å². The van der Waals surface area contributed by atoms with Gasteiger partial charge in [-0.3, -0.25) is 0 Å². The first kappa shape index (κ1) is 4.62. The van der Waals surface area contributed by atoms with Crippen molar-refractivity contribution in [1.29, 1.82) is 0 Å². The van der Waals surface area contributed by atoms with Crippen LogP contribution in [0.25, 0.3) is 12.2 Å². The molecule has 44 valence electrons. The van der Waals surface area contributed by atoms with Gasteiger partial charge in [0.2, 0.25) is 0 Å². The van der Waals surface area contributed by atoms with Crippen LogP contribution in [0, 0.1) is 0 Å². The van der Waals surface area contributed by atoms with Gasteiger partial charge in [0.05, 0.1) is 6.26 Å². The van der Waals surface area contributed by atoms with Crippen LogP contribution in [0.5, 0.6) is 0 Å². The number of hydrogen-bond acceptors (Lipinski definition) is 1. The molecule has 0 aliphatic heterocycles. The normalized spacial score (nSPS) is 14.4. The van der Waals surface area contributed by atoms with Crippen molar-refractivity contribution in [3.63, 3.8) is 0 Å². The zero-order chi connectivity index (χ0) is 6.27. The molecule has 1 aliphatic rings. The third kappa shape index (κ3) is 0.545. The molecule has 0 atom stereocenters. The zero-order valence-electron chi connectivity index (χ0n) is 4.92. The van der Waals surface area contributed by atoms with E-state index in [1.807, 2.05) is 18.2 Å². The van der Waals surface area contributed by atoms with Crippen LogP contribution >= 0.6 is 0 Å². The molecule has 0 saturated carbocycles. The highest BCUT2D eigenvalue weighted by atomic mass is 16.3. The Balaban J connectivity index is 3.01. The topological polar surface area (TPSA) is 13.1 Å². The van der Waals surface area contributed by atoms with E-state index in [-0.39, 0.29) is 0 Å². The fourth-order valence-electron chi connectivity index (χ4n) is 0.977. The van der Waals surface area contributed by atoms with Crippen molar-refractivity contribution in [1.82, 2.24) is 0 Å². The average molecular weight is 118 g/mol. The molecule has 1 aliphatic carbocycles. The first-order valence-electron chi connectivity index (χ1n) is 2.82. The second-order valence-corrected chi connectivity index (χ2v) is 2.10. The lowest BCUT2D eigenvalue weighted by molar-refractivity contribution is 0.532. The van der Waals surface area contributed by atoms with Gasteiger partial charge in [0.15, 0.2) is 0 Å². The summed E-state index contributed by atoms with van der Waals surface area (Å²) >= 11 is 0. The van der Waals surface area contributed by atoms with Gasteiger partial charge in [-0.05, 0) is 23.8 Å². The standard InChI is InChI=1S/C8H6O/c1-6-4-7-2-3-9-8(7)5-6/h2-5H,1H2. The molecule has 2 rings (SSSR count). The van der Waals surface area contributed by atoms with Crippen molar-refractivity contribution in [2.45, 2.75) is 0 Å². The van der Waals surface area contributed by atoms with Crippen LogP contribution in [0.15, 0.2) is 28.9 Å². The van der Waals surface area contributed by atoms with Crippen molar-refractivity contribution in [2.24, 2.45) is 0 Å². The molecule has 1 heteroatoms. The molecule has 0 unspecified atom stereocenters. The van der Waals surface area contributed by atoms with Crippen LogP contribution in [0.4, 0.5) is 0 Å². The third-order valence-electron chi connectivity index (χ3n) is 1.38. The summed E-state index contributed by atoms with van der Waals surface area (Å²) in [6.07, 6.45) is 5.61. The Labute approximate surface area is 52.6 Å². The lowest BCUT2D eigenvalue weighted by Gasteiger charge is -1.74. The van der Waals surface area contributed by atoms with E-state index in [1.165, 1.54) is 0 Å². The van der Waals surface area contributed by atoms with E-state index in [4.69, 9.17) is 4.42 Å². The van der Waals surface area contributed by atoms with Gasteiger partial charge < -0.3 is 4.42 Å². The molecule has 1 aromatic rings. The Morgan fingerprint density at radius 3 is 3.00 bits per heavy atom. The minimum absolute atomic E-state index is 0.931. The van der Waals surface area contributed by atoms with Crippen LogP contribution in [0.2, 0.25) is 0 Å². The molecule has 0 spiro atoms. The fourth-order valence-corrected chi connectivity index (χ4v) is 0.977. The van der Waals surface area contributed by atoms with Crippen molar-refractivity contribution < 1.29 is 4.42 Å². The Bertz CT molecular complexity index is 322. The molecule has 0 amide bonds. The minimum atomic E-state index is 0.931. The van der Waals surface area contributed by atoms with E-state index >= 15 is 0 Å². The Hall–Kier alpha value is -1.24. The van der Waals surface area contributed by atoms with Gasteiger partial charge in [-0.2, -0.15) is 0 Å². The first-order chi connectivity index (χ1) is 4.36. The summed E-state index contributed by atoms with van der Waals surface area (Å²) in [4.78, 5) is 0. The highest BCUT2D eigenvalue weighted by Gasteiger charge is 1.96. The Morgan fingerprint density at radius 1 is 1.33 bits per heavy atom. The van der Waals surface area contributed by atoms with E-state index in [2.05, 4.69) is 6.58 Å². The molecule has 1 nitrogen and oxygen atoms in total. The van der Waals surface area contributed by atoms with Crippen LogP contribution in [0.3, 0.4) is 0 Å². The molecule has 0 N–H and O–H groups in total. The third-order valence-corrected chi connectivity index (χ3v) is 1.38. The molecular weight excluding hydrogens is 112 g/mol. The van der Waals surface area contributed by atoms with Gasteiger partial charge in [-0.15, -0.1) is 0 Å². The summed E-state index contributed by atoms with van der Waals surface area (Å²) in [6.45, 7) is 3.77.